The quantitative estimate of drug-likeness (QED) is 0.520. The zero-order valence-electron chi connectivity index (χ0n) is 19.3. The largest absolute Gasteiger partial charge is 0.390 e. The SMILES string of the molecule is CC1(C)CC(O)(CCCCC2(O)CC(C)(C)N(O)C(C)(C)C2)CC(C)(C)N1O. The lowest BCUT2D eigenvalue weighted by Gasteiger charge is -2.55. The van der Waals surface area contributed by atoms with Gasteiger partial charge in [-0.15, -0.1) is 0 Å². The molecule has 28 heavy (non-hydrogen) atoms. The summed E-state index contributed by atoms with van der Waals surface area (Å²) in [6.45, 7) is 15.7. The Labute approximate surface area is 171 Å². The minimum Gasteiger partial charge on any atom is -0.390 e. The number of piperidine rings is 2. The summed E-state index contributed by atoms with van der Waals surface area (Å²) in [6.07, 6.45) is 5.13. The summed E-state index contributed by atoms with van der Waals surface area (Å²) in [6, 6.07) is 0. The first-order valence-corrected chi connectivity index (χ1v) is 10.8. The first kappa shape index (κ1) is 24.0. The minimum atomic E-state index is -0.804. The fourth-order valence-corrected chi connectivity index (χ4v) is 6.55. The third-order valence-corrected chi connectivity index (χ3v) is 6.87. The van der Waals surface area contributed by atoms with Crippen molar-refractivity contribution in [3.63, 3.8) is 0 Å². The zero-order valence-corrected chi connectivity index (χ0v) is 19.3. The molecule has 0 radical (unpaired) electrons. The molecule has 0 atom stereocenters. The highest BCUT2D eigenvalue weighted by Gasteiger charge is 2.52. The molecule has 2 heterocycles. The van der Waals surface area contributed by atoms with Crippen LogP contribution in [-0.4, -0.2) is 64.1 Å². The molecule has 166 valence electrons. The first-order valence-electron chi connectivity index (χ1n) is 10.8. The number of aliphatic hydroxyl groups is 2. The van der Waals surface area contributed by atoms with E-state index in [0.29, 0.717) is 38.5 Å². The highest BCUT2D eigenvalue weighted by molar-refractivity contribution is 5.05. The zero-order chi connectivity index (χ0) is 21.8. The molecule has 4 N–H and O–H groups in total. The summed E-state index contributed by atoms with van der Waals surface area (Å²) in [5, 5.41) is 46.1. The summed E-state index contributed by atoms with van der Waals surface area (Å²) in [5.74, 6) is 0. The Morgan fingerprint density at radius 1 is 0.536 bits per heavy atom. The molecule has 0 saturated carbocycles. The molecular formula is C22H44N2O4. The van der Waals surface area contributed by atoms with Gasteiger partial charge in [0.25, 0.3) is 0 Å². The Kier molecular flexibility index (Phi) is 6.16. The summed E-state index contributed by atoms with van der Waals surface area (Å²) in [4.78, 5) is 0. The van der Waals surface area contributed by atoms with Crippen LogP contribution in [0.2, 0.25) is 0 Å². The van der Waals surface area contributed by atoms with Crippen LogP contribution in [-0.2, 0) is 0 Å². The van der Waals surface area contributed by atoms with Gasteiger partial charge in [-0.25, -0.2) is 0 Å². The van der Waals surface area contributed by atoms with E-state index in [1.165, 1.54) is 10.1 Å². The van der Waals surface area contributed by atoms with E-state index in [2.05, 4.69) is 0 Å². The maximum Gasteiger partial charge on any atom is 0.0684 e. The number of nitrogens with zero attached hydrogens (tertiary/aromatic N) is 2. The van der Waals surface area contributed by atoms with Crippen molar-refractivity contribution in [3.8, 4) is 0 Å². The molecule has 0 bridgehead atoms. The first-order chi connectivity index (χ1) is 12.3. The normalized spacial score (nSPS) is 30.9. The smallest absolute Gasteiger partial charge is 0.0684 e. The predicted molar refractivity (Wildman–Crippen MR) is 110 cm³/mol. The van der Waals surface area contributed by atoms with Crippen molar-refractivity contribution in [2.75, 3.05) is 0 Å². The fraction of sp³-hybridized carbons (Fsp3) is 1.00. The fourth-order valence-electron chi connectivity index (χ4n) is 6.55. The lowest BCUT2D eigenvalue weighted by molar-refractivity contribution is -0.277. The highest BCUT2D eigenvalue weighted by atomic mass is 16.5. The molecule has 2 rings (SSSR count). The van der Waals surface area contributed by atoms with E-state index in [9.17, 15) is 20.6 Å². The molecule has 0 aliphatic carbocycles. The van der Waals surface area contributed by atoms with Crippen LogP contribution in [0.3, 0.4) is 0 Å². The van der Waals surface area contributed by atoms with Gasteiger partial charge < -0.3 is 20.6 Å². The van der Waals surface area contributed by atoms with Crippen molar-refractivity contribution >= 4 is 0 Å². The van der Waals surface area contributed by atoms with Crippen molar-refractivity contribution in [1.82, 2.24) is 10.1 Å². The second-order valence-electron chi connectivity index (χ2n) is 12.2. The summed E-state index contributed by atoms with van der Waals surface area (Å²) >= 11 is 0. The van der Waals surface area contributed by atoms with Crippen molar-refractivity contribution in [1.29, 1.82) is 0 Å². The Bertz CT molecular complexity index is 485. The number of unbranched alkanes of at least 4 members (excludes halogenated alkanes) is 1. The van der Waals surface area contributed by atoms with Crippen LogP contribution in [0.5, 0.6) is 0 Å². The van der Waals surface area contributed by atoms with Crippen molar-refractivity contribution in [2.45, 2.75) is 140 Å². The third kappa shape index (κ3) is 4.90. The third-order valence-electron chi connectivity index (χ3n) is 6.87. The van der Waals surface area contributed by atoms with E-state index in [0.717, 1.165) is 12.8 Å². The Balaban J connectivity index is 1.95. The van der Waals surface area contributed by atoms with Gasteiger partial charge >= 0.3 is 0 Å². The van der Waals surface area contributed by atoms with Crippen LogP contribution in [0.1, 0.15) is 107 Å². The molecule has 0 aromatic rings. The molecule has 6 nitrogen and oxygen atoms in total. The Hall–Kier alpha value is -0.240. The molecule has 6 heteroatoms. The van der Waals surface area contributed by atoms with Gasteiger partial charge in [-0.1, -0.05) is 12.8 Å². The van der Waals surface area contributed by atoms with Crippen LogP contribution in [0.15, 0.2) is 0 Å². The summed E-state index contributed by atoms with van der Waals surface area (Å²) in [7, 11) is 0. The van der Waals surface area contributed by atoms with Gasteiger partial charge in [0.15, 0.2) is 0 Å². The Morgan fingerprint density at radius 3 is 0.964 bits per heavy atom. The van der Waals surface area contributed by atoms with Crippen LogP contribution < -0.4 is 0 Å². The molecule has 0 aromatic heterocycles. The van der Waals surface area contributed by atoms with Gasteiger partial charge in [-0.2, -0.15) is 10.1 Å². The standard InChI is InChI=1S/C22H44N2O4/c1-17(2)13-21(25,14-18(3,4)23(17)27)11-9-10-12-22(26)15-19(5,6)24(28)20(7,8)16-22/h25-28H,9-16H2,1-8H3. The topological polar surface area (TPSA) is 87.4 Å². The minimum absolute atomic E-state index is 0.475. The van der Waals surface area contributed by atoms with Gasteiger partial charge in [0.2, 0.25) is 0 Å². The average Bonchev–Trinajstić information content (AvgIpc) is 2.45. The van der Waals surface area contributed by atoms with Crippen LogP contribution in [0.25, 0.3) is 0 Å². The van der Waals surface area contributed by atoms with Gasteiger partial charge in [-0.05, 0) is 93.9 Å². The monoisotopic (exact) mass is 400 g/mol. The lowest BCUT2D eigenvalue weighted by Crippen LogP contribution is -2.64. The summed E-state index contributed by atoms with van der Waals surface area (Å²) in [5.41, 5.74) is -3.51. The van der Waals surface area contributed by atoms with Gasteiger partial charge in [0, 0.05) is 22.2 Å². The maximum absolute atomic E-state index is 11.2. The maximum atomic E-state index is 11.2. The van der Waals surface area contributed by atoms with Crippen molar-refractivity contribution in [3.05, 3.63) is 0 Å². The van der Waals surface area contributed by atoms with E-state index >= 15 is 0 Å². The highest BCUT2D eigenvalue weighted by Crippen LogP contribution is 2.46. The van der Waals surface area contributed by atoms with E-state index in [1.54, 1.807) is 0 Å². The van der Waals surface area contributed by atoms with Crippen molar-refractivity contribution < 1.29 is 20.6 Å². The molecule has 0 aromatic carbocycles. The molecular weight excluding hydrogens is 356 g/mol. The van der Waals surface area contributed by atoms with E-state index in [1.807, 2.05) is 55.4 Å². The van der Waals surface area contributed by atoms with E-state index in [-0.39, 0.29) is 0 Å². The molecule has 0 unspecified atom stereocenters. The lowest BCUT2D eigenvalue weighted by atomic mass is 9.69. The Morgan fingerprint density at radius 2 is 0.750 bits per heavy atom. The van der Waals surface area contributed by atoms with Gasteiger partial charge in [0.05, 0.1) is 11.2 Å². The molecule has 0 amide bonds. The molecule has 2 saturated heterocycles. The second kappa shape index (κ2) is 7.17. The second-order valence-corrected chi connectivity index (χ2v) is 12.2. The molecule has 2 fully saturated rings. The van der Waals surface area contributed by atoms with E-state index < -0.39 is 33.4 Å². The average molecular weight is 401 g/mol. The molecule has 2 aliphatic heterocycles. The number of rotatable bonds is 5. The van der Waals surface area contributed by atoms with Crippen LogP contribution in [0, 0.1) is 0 Å². The predicted octanol–water partition coefficient (Wildman–Crippen LogP) is 4.09. The van der Waals surface area contributed by atoms with Crippen LogP contribution in [0.4, 0.5) is 0 Å². The van der Waals surface area contributed by atoms with Gasteiger partial charge in [0.1, 0.15) is 0 Å². The van der Waals surface area contributed by atoms with Gasteiger partial charge in [-0.3, -0.25) is 0 Å². The van der Waals surface area contributed by atoms with Crippen LogP contribution >= 0.6 is 0 Å². The number of hydrogen-bond donors (Lipinski definition) is 4. The van der Waals surface area contributed by atoms with Crippen molar-refractivity contribution in [2.24, 2.45) is 0 Å². The molecule has 0 spiro atoms. The number of hydroxylamine groups is 4. The van der Waals surface area contributed by atoms with E-state index in [4.69, 9.17) is 0 Å². The molecule has 2 aliphatic rings. The number of hydrogen-bond acceptors (Lipinski definition) is 6. The summed E-state index contributed by atoms with van der Waals surface area (Å²) < 4.78 is 0.